The molecule has 1 aromatic rings. The molecule has 0 unspecified atom stereocenters. The lowest BCUT2D eigenvalue weighted by Gasteiger charge is -2.15. The van der Waals surface area contributed by atoms with E-state index in [2.05, 4.69) is 19.2 Å². The lowest BCUT2D eigenvalue weighted by atomic mass is 10.2. The van der Waals surface area contributed by atoms with Crippen LogP contribution < -0.4 is 10.1 Å². The Kier molecular flexibility index (Phi) is 6.06. The summed E-state index contributed by atoms with van der Waals surface area (Å²) >= 11 is 12.0. The van der Waals surface area contributed by atoms with Gasteiger partial charge in [0.25, 0.3) is 0 Å². The van der Waals surface area contributed by atoms with Crippen LogP contribution in [0.2, 0.25) is 10.0 Å². The van der Waals surface area contributed by atoms with Crippen LogP contribution in [0.25, 0.3) is 0 Å². The fraction of sp³-hybridized carbons (Fsp3) is 0.500. The van der Waals surface area contributed by atoms with Crippen LogP contribution in [0.15, 0.2) is 12.1 Å². The summed E-state index contributed by atoms with van der Waals surface area (Å²) in [5, 5.41) is 13.1. The Bertz CT molecular complexity index is 370. The first-order valence-electron chi connectivity index (χ1n) is 5.49. The maximum atomic E-state index is 8.77. The highest BCUT2D eigenvalue weighted by Crippen LogP contribution is 2.32. The van der Waals surface area contributed by atoms with Crippen molar-refractivity contribution in [2.75, 3.05) is 13.2 Å². The third-order valence-corrected chi connectivity index (χ3v) is 2.62. The van der Waals surface area contributed by atoms with Crippen molar-refractivity contribution in [2.24, 2.45) is 0 Å². The van der Waals surface area contributed by atoms with Gasteiger partial charge in [0.05, 0.1) is 11.6 Å². The number of hydrogen-bond acceptors (Lipinski definition) is 3. The van der Waals surface area contributed by atoms with E-state index in [1.807, 2.05) is 6.07 Å². The Labute approximate surface area is 112 Å². The van der Waals surface area contributed by atoms with Crippen molar-refractivity contribution >= 4 is 23.2 Å². The normalized spacial score (nSPS) is 10.9. The highest BCUT2D eigenvalue weighted by atomic mass is 35.5. The molecule has 0 saturated heterocycles. The summed E-state index contributed by atoms with van der Waals surface area (Å²) in [6.07, 6.45) is 0. The summed E-state index contributed by atoms with van der Waals surface area (Å²) in [6.45, 7) is 4.91. The summed E-state index contributed by atoms with van der Waals surface area (Å²) in [5.41, 5.74) is 0.893. The van der Waals surface area contributed by atoms with Gasteiger partial charge in [-0.3, -0.25) is 0 Å². The van der Waals surface area contributed by atoms with Crippen LogP contribution in [0.1, 0.15) is 19.4 Å². The zero-order chi connectivity index (χ0) is 12.8. The number of hydrogen-bond donors (Lipinski definition) is 2. The van der Waals surface area contributed by atoms with Crippen LogP contribution in [-0.4, -0.2) is 24.4 Å². The maximum absolute atomic E-state index is 8.77. The molecule has 0 saturated carbocycles. The Morgan fingerprint density at radius 3 is 2.65 bits per heavy atom. The molecule has 96 valence electrons. The molecule has 0 heterocycles. The molecular formula is C12H17Cl2NO2. The number of aliphatic hydroxyl groups is 1. The Balaban J connectivity index is 2.89. The molecule has 0 amide bonds. The molecule has 0 aliphatic heterocycles. The summed E-state index contributed by atoms with van der Waals surface area (Å²) in [5.74, 6) is 0.582. The van der Waals surface area contributed by atoms with Gasteiger partial charge in [0.2, 0.25) is 0 Å². The number of benzene rings is 1. The van der Waals surface area contributed by atoms with Crippen molar-refractivity contribution < 1.29 is 9.84 Å². The third-order valence-electron chi connectivity index (χ3n) is 2.12. The van der Waals surface area contributed by atoms with Crippen LogP contribution in [0.3, 0.4) is 0 Å². The summed E-state index contributed by atoms with van der Waals surface area (Å²) < 4.78 is 5.42. The molecule has 0 aromatic heterocycles. The molecule has 0 atom stereocenters. The first-order chi connectivity index (χ1) is 8.04. The molecule has 0 aliphatic carbocycles. The molecule has 0 fully saturated rings. The van der Waals surface area contributed by atoms with Crippen molar-refractivity contribution in [1.82, 2.24) is 5.32 Å². The second-order valence-corrected chi connectivity index (χ2v) is 4.83. The molecule has 3 nitrogen and oxygen atoms in total. The summed E-state index contributed by atoms with van der Waals surface area (Å²) in [6, 6.07) is 3.81. The number of ether oxygens (including phenoxy) is 1. The molecule has 1 rings (SSSR count). The smallest absolute Gasteiger partial charge is 0.142 e. The second-order valence-electron chi connectivity index (χ2n) is 3.98. The summed E-state index contributed by atoms with van der Waals surface area (Å²) in [7, 11) is 0. The quantitative estimate of drug-likeness (QED) is 0.840. The summed E-state index contributed by atoms with van der Waals surface area (Å²) in [4.78, 5) is 0. The zero-order valence-corrected chi connectivity index (χ0v) is 11.5. The molecule has 5 heteroatoms. The zero-order valence-electron chi connectivity index (χ0n) is 9.96. The van der Waals surface area contributed by atoms with E-state index in [0.717, 1.165) is 5.56 Å². The average Bonchev–Trinajstić information content (AvgIpc) is 2.24. The van der Waals surface area contributed by atoms with Gasteiger partial charge in [-0.2, -0.15) is 0 Å². The molecule has 0 bridgehead atoms. The molecule has 2 N–H and O–H groups in total. The standard InChI is InChI=1S/C12H17Cl2NO2/c1-8(2)15-7-9-5-10(13)6-11(14)12(9)17-4-3-16/h5-6,8,15-16H,3-4,7H2,1-2H3. The fourth-order valence-electron chi connectivity index (χ4n) is 1.37. The van der Waals surface area contributed by atoms with Crippen molar-refractivity contribution in [3.63, 3.8) is 0 Å². The lowest BCUT2D eigenvalue weighted by Crippen LogP contribution is -2.22. The van der Waals surface area contributed by atoms with E-state index >= 15 is 0 Å². The van der Waals surface area contributed by atoms with Crippen molar-refractivity contribution in [2.45, 2.75) is 26.4 Å². The van der Waals surface area contributed by atoms with Gasteiger partial charge in [0.1, 0.15) is 12.4 Å². The van der Waals surface area contributed by atoms with Gasteiger partial charge in [0.15, 0.2) is 0 Å². The number of aliphatic hydroxyl groups excluding tert-OH is 1. The minimum absolute atomic E-state index is 0.0456. The lowest BCUT2D eigenvalue weighted by molar-refractivity contribution is 0.200. The molecule has 0 aliphatic rings. The maximum Gasteiger partial charge on any atom is 0.142 e. The van der Waals surface area contributed by atoms with Gasteiger partial charge in [-0.25, -0.2) is 0 Å². The minimum Gasteiger partial charge on any atom is -0.489 e. The Hall–Kier alpha value is -0.480. The van der Waals surface area contributed by atoms with Gasteiger partial charge in [-0.1, -0.05) is 37.0 Å². The largest absolute Gasteiger partial charge is 0.489 e. The Morgan fingerprint density at radius 1 is 1.35 bits per heavy atom. The predicted molar refractivity (Wildman–Crippen MR) is 71.0 cm³/mol. The van der Waals surface area contributed by atoms with Crippen LogP contribution in [0, 0.1) is 0 Å². The molecule has 0 spiro atoms. The second kappa shape index (κ2) is 7.07. The molecule has 0 radical (unpaired) electrons. The average molecular weight is 278 g/mol. The van der Waals surface area contributed by atoms with E-state index in [0.29, 0.717) is 28.4 Å². The topological polar surface area (TPSA) is 41.5 Å². The van der Waals surface area contributed by atoms with E-state index in [-0.39, 0.29) is 13.2 Å². The van der Waals surface area contributed by atoms with E-state index in [1.54, 1.807) is 6.07 Å². The minimum atomic E-state index is -0.0456. The van der Waals surface area contributed by atoms with Gasteiger partial charge in [0, 0.05) is 23.2 Å². The van der Waals surface area contributed by atoms with Crippen molar-refractivity contribution in [3.05, 3.63) is 27.7 Å². The fourth-order valence-corrected chi connectivity index (χ4v) is 1.96. The molecule has 17 heavy (non-hydrogen) atoms. The Morgan fingerprint density at radius 2 is 2.06 bits per heavy atom. The van der Waals surface area contributed by atoms with E-state index < -0.39 is 0 Å². The van der Waals surface area contributed by atoms with Gasteiger partial charge >= 0.3 is 0 Å². The first kappa shape index (κ1) is 14.6. The third kappa shape index (κ3) is 4.72. The van der Waals surface area contributed by atoms with Crippen molar-refractivity contribution in [1.29, 1.82) is 0 Å². The first-order valence-corrected chi connectivity index (χ1v) is 6.25. The molecular weight excluding hydrogens is 261 g/mol. The van der Waals surface area contributed by atoms with Gasteiger partial charge in [-0.15, -0.1) is 0 Å². The van der Waals surface area contributed by atoms with Gasteiger partial charge < -0.3 is 15.2 Å². The van der Waals surface area contributed by atoms with Crippen molar-refractivity contribution in [3.8, 4) is 5.75 Å². The number of nitrogens with one attached hydrogen (secondary N) is 1. The monoisotopic (exact) mass is 277 g/mol. The highest BCUT2D eigenvalue weighted by Gasteiger charge is 2.11. The van der Waals surface area contributed by atoms with Crippen LogP contribution in [-0.2, 0) is 6.54 Å². The van der Waals surface area contributed by atoms with Crippen LogP contribution in [0.4, 0.5) is 0 Å². The SMILES string of the molecule is CC(C)NCc1cc(Cl)cc(Cl)c1OCCO. The van der Waals surface area contributed by atoms with Gasteiger partial charge in [-0.05, 0) is 12.1 Å². The van der Waals surface area contributed by atoms with E-state index in [9.17, 15) is 0 Å². The van der Waals surface area contributed by atoms with Crippen LogP contribution >= 0.6 is 23.2 Å². The van der Waals surface area contributed by atoms with Crippen LogP contribution in [0.5, 0.6) is 5.75 Å². The molecule has 1 aromatic carbocycles. The predicted octanol–water partition coefficient (Wildman–Crippen LogP) is 2.86. The highest BCUT2D eigenvalue weighted by molar-refractivity contribution is 6.35. The number of rotatable bonds is 6. The number of halogens is 2. The van der Waals surface area contributed by atoms with E-state index in [4.69, 9.17) is 33.0 Å². The van der Waals surface area contributed by atoms with E-state index in [1.165, 1.54) is 0 Å².